The highest BCUT2D eigenvalue weighted by Crippen LogP contribution is 2.74. The number of hydrogen-bond acceptors (Lipinski definition) is 6. The first-order valence-corrected chi connectivity index (χ1v) is 32.1. The van der Waals surface area contributed by atoms with Crippen LogP contribution in [0.4, 0.5) is 0 Å². The average molecular weight is 1210 g/mol. The molecule has 3 aromatic heterocycles. The number of benzene rings is 11. The van der Waals surface area contributed by atoms with Crippen LogP contribution in [0.5, 0.6) is 0 Å². The van der Waals surface area contributed by atoms with Crippen LogP contribution in [0.2, 0.25) is 0 Å². The van der Waals surface area contributed by atoms with Gasteiger partial charge < -0.3 is 9.13 Å². The van der Waals surface area contributed by atoms with Crippen molar-refractivity contribution in [2.45, 2.75) is 34.1 Å². The molecule has 0 aliphatic heterocycles. The molecule has 0 N–H and O–H groups in total. The van der Waals surface area contributed by atoms with E-state index in [0.717, 1.165) is 83.0 Å². The van der Waals surface area contributed by atoms with Gasteiger partial charge in [0.05, 0.1) is 57.1 Å². The third-order valence-corrected chi connectivity index (χ3v) is 20.6. The molecule has 14 aromatic rings. The van der Waals surface area contributed by atoms with Gasteiger partial charge in [-0.05, 0) is 181 Å². The molecule has 2 unspecified atom stereocenters. The third-order valence-electron chi connectivity index (χ3n) is 20.6. The molecule has 8 nitrogen and oxygen atoms in total. The summed E-state index contributed by atoms with van der Waals surface area (Å²) in [6.45, 7) is 9.48. The zero-order valence-electron chi connectivity index (χ0n) is 52.7. The van der Waals surface area contributed by atoms with Gasteiger partial charge in [-0.15, -0.1) is 0 Å². The van der Waals surface area contributed by atoms with Crippen LogP contribution in [0.15, 0.2) is 279 Å². The van der Waals surface area contributed by atoms with Crippen molar-refractivity contribution in [3.63, 3.8) is 0 Å². The molecule has 0 bridgehead atoms. The Labute approximate surface area is 547 Å². The second-order valence-electron chi connectivity index (χ2n) is 25.4. The summed E-state index contributed by atoms with van der Waals surface area (Å²) in [5.74, 6) is 1.65. The van der Waals surface area contributed by atoms with Crippen molar-refractivity contribution in [2.24, 2.45) is 28.6 Å². The molecule has 1 aliphatic rings. The standard InChI is InChI=1S/C86H64N8/c1-56(86(4)57(2)85(86,3)44-46-93-77-40-35-67(60-20-9-5-10-21-60)48-73(77)74-49-68(36-41-78(74)93)61-22-11-6-12-23-61)65(29-18-45-87)53-82-90-83(64-32-30-58(54-88)31-33-64)92-84(91-82)72-39-34-71(66-28-17-19-59(47-66)55-89)52-81(72)94-79-42-37-69(62-24-13-7-14-25-62)50-75(79)76-51-70(38-43-80(76)94)63-26-15-8-16-27-63/h5-44,46-52,56-57,65H,53H2,1-4H3/b29-18?,46-44+/t56-,57-,65?,85+,86?/m0/s1. The highest BCUT2D eigenvalue weighted by atomic mass is 15.1. The van der Waals surface area contributed by atoms with Gasteiger partial charge in [0.1, 0.15) is 5.82 Å². The van der Waals surface area contributed by atoms with Crippen LogP contribution in [0.25, 0.3) is 134 Å². The fraction of sp³-hybridized carbons (Fsp3) is 0.116. The van der Waals surface area contributed by atoms with Crippen molar-refractivity contribution in [2.75, 3.05) is 0 Å². The predicted molar refractivity (Wildman–Crippen MR) is 383 cm³/mol. The number of rotatable bonds is 15. The van der Waals surface area contributed by atoms with Crippen molar-refractivity contribution in [3.05, 3.63) is 296 Å². The van der Waals surface area contributed by atoms with Crippen molar-refractivity contribution in [1.29, 1.82) is 15.8 Å². The first-order chi connectivity index (χ1) is 46.0. The second kappa shape index (κ2) is 24.0. The van der Waals surface area contributed by atoms with Crippen LogP contribution in [-0.2, 0) is 6.42 Å². The summed E-state index contributed by atoms with van der Waals surface area (Å²) < 4.78 is 4.70. The van der Waals surface area contributed by atoms with Gasteiger partial charge in [0.25, 0.3) is 0 Å². The Balaban J connectivity index is 0.858. The quantitative estimate of drug-likeness (QED) is 0.0943. The van der Waals surface area contributed by atoms with Crippen LogP contribution >= 0.6 is 0 Å². The first-order valence-electron chi connectivity index (χ1n) is 32.1. The fourth-order valence-corrected chi connectivity index (χ4v) is 14.8. The molecule has 11 aromatic carbocycles. The first kappa shape index (κ1) is 58.4. The Kier molecular flexibility index (Phi) is 14.9. The fourth-order valence-electron chi connectivity index (χ4n) is 14.8. The molecule has 0 amide bonds. The minimum absolute atomic E-state index is 0.0403. The molecular weight excluding hydrogens is 1150 g/mol. The molecule has 0 spiro atoms. The maximum Gasteiger partial charge on any atom is 0.165 e. The number of aromatic nitrogens is 5. The predicted octanol–water partition coefficient (Wildman–Crippen LogP) is 21.2. The minimum Gasteiger partial charge on any atom is -0.316 e. The summed E-state index contributed by atoms with van der Waals surface area (Å²) in [5.41, 5.74) is 18.2. The van der Waals surface area contributed by atoms with Crippen LogP contribution in [-0.4, -0.2) is 24.1 Å². The Hall–Kier alpha value is -12.0. The maximum atomic E-state index is 10.3. The van der Waals surface area contributed by atoms with E-state index in [2.05, 4.69) is 274 Å². The van der Waals surface area contributed by atoms with Gasteiger partial charge in [-0.25, -0.2) is 15.0 Å². The van der Waals surface area contributed by atoms with E-state index in [1.54, 1.807) is 18.2 Å². The molecule has 0 radical (unpaired) electrons. The number of hydrogen-bond donors (Lipinski definition) is 0. The summed E-state index contributed by atoms with van der Waals surface area (Å²) in [6, 6.07) is 97.7. The third kappa shape index (κ3) is 10.3. The molecule has 8 heteroatoms. The van der Waals surface area contributed by atoms with Crippen molar-refractivity contribution < 1.29 is 0 Å². The minimum atomic E-state index is -0.241. The lowest BCUT2D eigenvalue weighted by molar-refractivity contribution is 0.232. The Morgan fingerprint density at radius 2 is 0.883 bits per heavy atom. The molecule has 0 saturated heterocycles. The zero-order valence-corrected chi connectivity index (χ0v) is 52.7. The van der Waals surface area contributed by atoms with E-state index >= 15 is 0 Å². The van der Waals surface area contributed by atoms with E-state index in [-0.39, 0.29) is 28.6 Å². The summed E-state index contributed by atoms with van der Waals surface area (Å²) >= 11 is 0. The number of allylic oxidation sites excluding steroid dienone is 3. The molecule has 448 valence electrons. The van der Waals surface area contributed by atoms with E-state index in [1.165, 1.54) is 33.0 Å². The van der Waals surface area contributed by atoms with Crippen LogP contribution in [0, 0.1) is 62.6 Å². The van der Waals surface area contributed by atoms with Gasteiger partial charge in [-0.1, -0.05) is 204 Å². The second-order valence-corrected chi connectivity index (χ2v) is 25.4. The largest absolute Gasteiger partial charge is 0.316 e. The van der Waals surface area contributed by atoms with E-state index in [4.69, 9.17) is 15.0 Å². The molecule has 3 heterocycles. The van der Waals surface area contributed by atoms with Crippen molar-refractivity contribution in [3.8, 4) is 102 Å². The van der Waals surface area contributed by atoms with Gasteiger partial charge in [-0.3, -0.25) is 0 Å². The lowest BCUT2D eigenvalue weighted by Gasteiger charge is -2.30. The number of fused-ring (bicyclic) bond motifs is 6. The topological polar surface area (TPSA) is 120 Å². The Morgan fingerprint density at radius 3 is 1.38 bits per heavy atom. The van der Waals surface area contributed by atoms with Crippen molar-refractivity contribution in [1.82, 2.24) is 24.1 Å². The van der Waals surface area contributed by atoms with Crippen LogP contribution in [0.1, 0.15) is 44.6 Å². The van der Waals surface area contributed by atoms with Gasteiger partial charge >= 0.3 is 0 Å². The summed E-state index contributed by atoms with van der Waals surface area (Å²) in [5, 5.41) is 35.0. The van der Waals surface area contributed by atoms with Crippen LogP contribution < -0.4 is 0 Å². The molecule has 1 fully saturated rings. The summed E-state index contributed by atoms with van der Waals surface area (Å²) in [4.78, 5) is 16.3. The van der Waals surface area contributed by atoms with E-state index < -0.39 is 0 Å². The van der Waals surface area contributed by atoms with Gasteiger partial charge in [0.2, 0.25) is 0 Å². The van der Waals surface area contributed by atoms with E-state index in [1.807, 2.05) is 48.5 Å². The highest BCUT2D eigenvalue weighted by molar-refractivity contribution is 6.13. The van der Waals surface area contributed by atoms with Gasteiger partial charge in [0.15, 0.2) is 11.6 Å². The molecular formula is C86H64N8. The lowest BCUT2D eigenvalue weighted by Crippen LogP contribution is -2.26. The lowest BCUT2D eigenvalue weighted by atomic mass is 9.75. The summed E-state index contributed by atoms with van der Waals surface area (Å²) in [6.07, 6.45) is 8.82. The highest BCUT2D eigenvalue weighted by Gasteiger charge is 2.69. The zero-order chi connectivity index (χ0) is 64.1. The Bertz CT molecular complexity index is 5260. The van der Waals surface area contributed by atoms with Gasteiger partial charge in [-0.2, -0.15) is 15.8 Å². The monoisotopic (exact) mass is 1210 g/mol. The number of nitriles is 3. The van der Waals surface area contributed by atoms with Crippen LogP contribution in [0.3, 0.4) is 0 Å². The van der Waals surface area contributed by atoms with Gasteiger partial charge in [0, 0.05) is 51.4 Å². The maximum absolute atomic E-state index is 10.3. The Morgan fingerprint density at radius 1 is 0.447 bits per heavy atom. The molecule has 15 rings (SSSR count). The summed E-state index contributed by atoms with van der Waals surface area (Å²) in [7, 11) is 0. The van der Waals surface area contributed by atoms with E-state index in [0.29, 0.717) is 35.0 Å². The molecule has 5 atom stereocenters. The molecule has 1 saturated carbocycles. The van der Waals surface area contributed by atoms with Crippen molar-refractivity contribution >= 4 is 49.8 Å². The molecule has 94 heavy (non-hydrogen) atoms. The molecule has 1 aliphatic carbocycles. The smallest absolute Gasteiger partial charge is 0.165 e. The SMILES string of the molecule is C[C@@H]1C(C)([C@@H](C)C(C=CC#N)Cc2nc(-c3ccc(C#N)cc3)nc(-c3ccc(-c4cccc(C#N)c4)cc3-n3c4ccc(-c5ccccc5)cc4c4cc(-c5ccccc5)ccc43)n2)[C@]1(C)/C=C/n1c2ccc(-c3ccccc3)cc2c2cc(-c3ccccc3)ccc21. The van der Waals surface area contributed by atoms with E-state index in [9.17, 15) is 15.8 Å². The average Bonchev–Trinajstić information content (AvgIpc) is 1.51. The normalized spacial score (nSPS) is 16.8. The number of nitrogens with zero attached hydrogens (tertiary/aromatic N) is 8.